The summed E-state index contributed by atoms with van der Waals surface area (Å²) in [6, 6.07) is 13.7. The lowest BCUT2D eigenvalue weighted by Gasteiger charge is -2.30. The molecule has 2 saturated heterocycles. The molecule has 6 nitrogen and oxygen atoms in total. The SMILES string of the molecule is Cc1ccccc1C1CCCN1C(=O)Nc1ccc(N2CCNC(=O)C2)c(Cl)c1. The normalized spacial score (nSPS) is 19.2. The fraction of sp³-hybridized carbons (Fsp3) is 0.364. The van der Waals surface area contributed by atoms with Crippen LogP contribution in [0.1, 0.15) is 30.0 Å². The minimum Gasteiger partial charge on any atom is -0.359 e. The number of amides is 3. The van der Waals surface area contributed by atoms with Crippen molar-refractivity contribution in [1.82, 2.24) is 10.2 Å². The van der Waals surface area contributed by atoms with Gasteiger partial charge in [-0.2, -0.15) is 0 Å². The Balaban J connectivity index is 1.47. The predicted molar refractivity (Wildman–Crippen MR) is 116 cm³/mol. The number of anilines is 2. The van der Waals surface area contributed by atoms with Crippen molar-refractivity contribution in [2.45, 2.75) is 25.8 Å². The van der Waals surface area contributed by atoms with Gasteiger partial charge in [0.25, 0.3) is 0 Å². The van der Waals surface area contributed by atoms with Gasteiger partial charge in [0.2, 0.25) is 5.91 Å². The van der Waals surface area contributed by atoms with Crippen molar-refractivity contribution in [1.29, 1.82) is 0 Å². The summed E-state index contributed by atoms with van der Waals surface area (Å²) in [5, 5.41) is 6.32. The number of nitrogens with zero attached hydrogens (tertiary/aromatic N) is 2. The Kier molecular flexibility index (Phi) is 5.62. The van der Waals surface area contributed by atoms with Gasteiger partial charge in [-0.1, -0.05) is 35.9 Å². The van der Waals surface area contributed by atoms with Crippen molar-refractivity contribution < 1.29 is 9.59 Å². The monoisotopic (exact) mass is 412 g/mol. The average molecular weight is 413 g/mol. The molecule has 2 fully saturated rings. The van der Waals surface area contributed by atoms with Crippen LogP contribution >= 0.6 is 11.6 Å². The first-order valence-corrected chi connectivity index (χ1v) is 10.3. The Labute approximate surface area is 175 Å². The standard InChI is InChI=1S/C22H25ClN4O2/c1-15-5-2-3-6-17(15)19-7-4-11-27(19)22(29)25-16-8-9-20(18(23)13-16)26-12-10-24-21(28)14-26/h2-3,5-6,8-9,13,19H,4,7,10-12,14H2,1H3,(H,24,28)(H,25,29). The molecule has 2 aliphatic rings. The number of carbonyl (C=O) groups excluding carboxylic acids is 2. The highest BCUT2D eigenvalue weighted by Crippen LogP contribution is 2.35. The van der Waals surface area contributed by atoms with E-state index in [1.807, 2.05) is 34.1 Å². The van der Waals surface area contributed by atoms with Crippen LogP contribution in [-0.4, -0.2) is 43.0 Å². The topological polar surface area (TPSA) is 64.7 Å². The molecule has 0 spiro atoms. The molecule has 3 amide bonds. The molecule has 2 N–H and O–H groups in total. The first-order chi connectivity index (χ1) is 14.0. The average Bonchev–Trinajstić information content (AvgIpc) is 3.18. The maximum atomic E-state index is 13.0. The molecule has 0 radical (unpaired) electrons. The molecule has 2 aliphatic heterocycles. The highest BCUT2D eigenvalue weighted by molar-refractivity contribution is 6.33. The molecule has 0 saturated carbocycles. The van der Waals surface area contributed by atoms with Gasteiger partial charge < -0.3 is 20.4 Å². The molecule has 29 heavy (non-hydrogen) atoms. The highest BCUT2D eigenvalue weighted by atomic mass is 35.5. The maximum absolute atomic E-state index is 13.0. The van der Waals surface area contributed by atoms with Crippen LogP contribution in [0.2, 0.25) is 5.02 Å². The third kappa shape index (κ3) is 4.17. The number of rotatable bonds is 3. The number of halogens is 1. The van der Waals surface area contributed by atoms with Crippen molar-refractivity contribution in [2.75, 3.05) is 36.4 Å². The molecule has 152 valence electrons. The molecule has 1 atom stereocenters. The zero-order chi connectivity index (χ0) is 20.4. The van der Waals surface area contributed by atoms with E-state index in [-0.39, 0.29) is 24.5 Å². The molecule has 0 aliphatic carbocycles. The van der Waals surface area contributed by atoms with Gasteiger partial charge in [0.1, 0.15) is 0 Å². The number of benzene rings is 2. The van der Waals surface area contributed by atoms with E-state index < -0.39 is 0 Å². The fourth-order valence-electron chi connectivity index (χ4n) is 4.17. The molecular weight excluding hydrogens is 388 g/mol. The summed E-state index contributed by atoms with van der Waals surface area (Å²) in [7, 11) is 0. The van der Waals surface area contributed by atoms with Gasteiger partial charge in [-0.3, -0.25) is 4.79 Å². The van der Waals surface area contributed by atoms with E-state index in [0.717, 1.165) is 25.1 Å². The highest BCUT2D eigenvalue weighted by Gasteiger charge is 2.31. The van der Waals surface area contributed by atoms with Gasteiger partial charge in [-0.15, -0.1) is 0 Å². The minimum atomic E-state index is -0.114. The van der Waals surface area contributed by atoms with Crippen molar-refractivity contribution in [2.24, 2.45) is 0 Å². The Morgan fingerprint density at radius 2 is 2.03 bits per heavy atom. The Hall–Kier alpha value is -2.73. The lowest BCUT2D eigenvalue weighted by atomic mass is 9.99. The van der Waals surface area contributed by atoms with Crippen LogP contribution in [0.25, 0.3) is 0 Å². The van der Waals surface area contributed by atoms with Gasteiger partial charge in [0.05, 0.1) is 23.3 Å². The molecular formula is C22H25ClN4O2. The number of carbonyl (C=O) groups is 2. The van der Waals surface area contributed by atoms with Crippen molar-refractivity contribution in [3.63, 3.8) is 0 Å². The van der Waals surface area contributed by atoms with E-state index in [9.17, 15) is 9.59 Å². The largest absolute Gasteiger partial charge is 0.359 e. The summed E-state index contributed by atoms with van der Waals surface area (Å²) >= 11 is 6.46. The molecule has 2 aromatic rings. The number of hydrogen-bond acceptors (Lipinski definition) is 3. The van der Waals surface area contributed by atoms with Gasteiger partial charge in [0.15, 0.2) is 0 Å². The predicted octanol–water partition coefficient (Wildman–Crippen LogP) is 3.95. The lowest BCUT2D eigenvalue weighted by molar-refractivity contribution is -0.120. The Morgan fingerprint density at radius 3 is 2.79 bits per heavy atom. The quantitative estimate of drug-likeness (QED) is 0.802. The summed E-state index contributed by atoms with van der Waals surface area (Å²) in [6.45, 7) is 4.42. The van der Waals surface area contributed by atoms with Crippen LogP contribution < -0.4 is 15.5 Å². The van der Waals surface area contributed by atoms with Crippen LogP contribution in [0.4, 0.5) is 16.2 Å². The summed E-state index contributed by atoms with van der Waals surface area (Å²) in [5.74, 6) is -0.0130. The van der Waals surface area contributed by atoms with E-state index in [1.165, 1.54) is 11.1 Å². The van der Waals surface area contributed by atoms with Crippen LogP contribution in [-0.2, 0) is 4.79 Å². The van der Waals surface area contributed by atoms with E-state index in [1.54, 1.807) is 6.07 Å². The molecule has 2 aromatic carbocycles. The summed E-state index contributed by atoms with van der Waals surface area (Å²) in [5.41, 5.74) is 3.87. The van der Waals surface area contributed by atoms with Crippen LogP contribution in [0.5, 0.6) is 0 Å². The number of likely N-dealkylation sites (tertiary alicyclic amines) is 1. The van der Waals surface area contributed by atoms with Gasteiger partial charge in [-0.05, 0) is 49.1 Å². The second-order valence-corrected chi connectivity index (χ2v) is 7.98. The Morgan fingerprint density at radius 1 is 1.21 bits per heavy atom. The zero-order valence-electron chi connectivity index (χ0n) is 16.5. The third-order valence-corrected chi connectivity index (χ3v) is 5.94. The van der Waals surface area contributed by atoms with Crippen LogP contribution in [0, 0.1) is 6.92 Å². The summed E-state index contributed by atoms with van der Waals surface area (Å²) in [4.78, 5) is 28.4. The molecule has 4 rings (SSSR count). The first kappa shape index (κ1) is 19.6. The molecule has 1 unspecified atom stereocenters. The van der Waals surface area contributed by atoms with E-state index in [0.29, 0.717) is 23.8 Å². The Bertz CT molecular complexity index is 933. The third-order valence-electron chi connectivity index (χ3n) is 5.64. The smallest absolute Gasteiger partial charge is 0.322 e. The van der Waals surface area contributed by atoms with Crippen LogP contribution in [0.3, 0.4) is 0 Å². The molecule has 2 heterocycles. The zero-order valence-corrected chi connectivity index (χ0v) is 17.2. The first-order valence-electron chi connectivity index (χ1n) is 9.97. The molecule has 7 heteroatoms. The second-order valence-electron chi connectivity index (χ2n) is 7.58. The number of aryl methyl sites for hydroxylation is 1. The summed E-state index contributed by atoms with van der Waals surface area (Å²) < 4.78 is 0. The fourth-order valence-corrected chi connectivity index (χ4v) is 4.47. The molecule has 0 aromatic heterocycles. The van der Waals surface area contributed by atoms with E-state index >= 15 is 0 Å². The van der Waals surface area contributed by atoms with E-state index in [2.05, 4.69) is 29.7 Å². The number of urea groups is 1. The lowest BCUT2D eigenvalue weighted by Crippen LogP contribution is -2.47. The molecule has 0 bridgehead atoms. The number of hydrogen-bond donors (Lipinski definition) is 2. The van der Waals surface area contributed by atoms with Gasteiger partial charge in [-0.25, -0.2) is 4.79 Å². The second kappa shape index (κ2) is 8.33. The van der Waals surface area contributed by atoms with Gasteiger partial charge >= 0.3 is 6.03 Å². The van der Waals surface area contributed by atoms with Crippen molar-refractivity contribution in [3.8, 4) is 0 Å². The van der Waals surface area contributed by atoms with Crippen molar-refractivity contribution in [3.05, 3.63) is 58.6 Å². The van der Waals surface area contributed by atoms with E-state index in [4.69, 9.17) is 11.6 Å². The summed E-state index contributed by atoms with van der Waals surface area (Å²) in [6.07, 6.45) is 1.96. The minimum absolute atomic E-state index is 0.0130. The van der Waals surface area contributed by atoms with Crippen LogP contribution in [0.15, 0.2) is 42.5 Å². The van der Waals surface area contributed by atoms with Crippen molar-refractivity contribution >= 4 is 34.9 Å². The maximum Gasteiger partial charge on any atom is 0.322 e. The number of piperazine rings is 1. The number of nitrogens with one attached hydrogen (secondary N) is 2. The van der Waals surface area contributed by atoms with Gasteiger partial charge in [0, 0.05) is 25.3 Å².